The fourth-order valence-corrected chi connectivity index (χ4v) is 4.19. The van der Waals surface area contributed by atoms with Gasteiger partial charge in [0.1, 0.15) is 5.82 Å². The van der Waals surface area contributed by atoms with Crippen molar-refractivity contribution in [2.24, 2.45) is 0 Å². The monoisotopic (exact) mass is 539 g/mol. The highest BCUT2D eigenvalue weighted by Crippen LogP contribution is 2.35. The van der Waals surface area contributed by atoms with Gasteiger partial charge in [0.05, 0.1) is 28.2 Å². The summed E-state index contributed by atoms with van der Waals surface area (Å²) in [6.45, 7) is 2.51. The van der Waals surface area contributed by atoms with Crippen LogP contribution in [-0.4, -0.2) is 47.5 Å². The number of carbonyl (C=O) groups is 2. The van der Waals surface area contributed by atoms with Gasteiger partial charge in [0.25, 0.3) is 5.91 Å². The molecule has 1 aliphatic heterocycles. The first kappa shape index (κ1) is 27.5. The van der Waals surface area contributed by atoms with E-state index in [1.54, 1.807) is 47.4 Å². The van der Waals surface area contributed by atoms with E-state index >= 15 is 0 Å². The van der Waals surface area contributed by atoms with Gasteiger partial charge in [0.15, 0.2) is 0 Å². The Labute approximate surface area is 222 Å². The highest BCUT2D eigenvalue weighted by molar-refractivity contribution is 6.11. The van der Waals surface area contributed by atoms with Gasteiger partial charge in [-0.15, -0.1) is 0 Å². The zero-order valence-corrected chi connectivity index (χ0v) is 21.1. The number of hydrogen-bond acceptors (Lipinski definition) is 5. The van der Waals surface area contributed by atoms with E-state index < -0.39 is 40.3 Å². The van der Waals surface area contributed by atoms with Crippen LogP contribution in [0.4, 0.5) is 23.2 Å². The van der Waals surface area contributed by atoms with E-state index in [0.29, 0.717) is 30.0 Å². The summed E-state index contributed by atoms with van der Waals surface area (Å²) in [7, 11) is 1.51. The molecule has 39 heavy (non-hydrogen) atoms. The molecule has 3 N–H and O–H groups in total. The van der Waals surface area contributed by atoms with Crippen LogP contribution in [-0.2, 0) is 11.0 Å². The van der Waals surface area contributed by atoms with E-state index in [2.05, 4.69) is 10.6 Å². The number of rotatable bonds is 7. The molecular formula is C28H25F4N5O2. The second-order valence-electron chi connectivity index (χ2n) is 8.98. The van der Waals surface area contributed by atoms with Crippen molar-refractivity contribution in [2.45, 2.75) is 19.0 Å². The Bertz CT molecular complexity index is 1450. The number of nitrogens with zero attached hydrogens (tertiary/aromatic N) is 2. The normalized spacial score (nSPS) is 13.7. The molecule has 0 unspecified atom stereocenters. The first-order valence-corrected chi connectivity index (χ1v) is 12.0. The predicted molar refractivity (Wildman–Crippen MR) is 139 cm³/mol. The topological polar surface area (TPSA) is 98.2 Å². The maximum atomic E-state index is 14.9. The maximum absolute atomic E-state index is 14.9. The van der Waals surface area contributed by atoms with Crippen molar-refractivity contribution in [1.82, 2.24) is 15.2 Å². The van der Waals surface area contributed by atoms with E-state index in [1.807, 2.05) is 0 Å². The number of allylic oxidation sites excluding steroid dienone is 1. The molecule has 202 valence electrons. The van der Waals surface area contributed by atoms with Crippen molar-refractivity contribution in [1.29, 1.82) is 5.41 Å². The van der Waals surface area contributed by atoms with Gasteiger partial charge in [0, 0.05) is 49.8 Å². The van der Waals surface area contributed by atoms with Crippen LogP contribution in [0, 0.1) is 11.2 Å². The Kier molecular flexibility index (Phi) is 7.80. The third kappa shape index (κ3) is 5.97. The second-order valence-corrected chi connectivity index (χ2v) is 8.98. The largest absolute Gasteiger partial charge is 0.417 e. The zero-order chi connectivity index (χ0) is 28.3. The fraction of sp³-hybridized carbons (Fsp3) is 0.214. The first-order valence-electron chi connectivity index (χ1n) is 12.0. The summed E-state index contributed by atoms with van der Waals surface area (Å²) in [6, 6.07) is 13.2. The fourth-order valence-electron chi connectivity index (χ4n) is 4.19. The Morgan fingerprint density at radius 1 is 1.08 bits per heavy atom. The average molecular weight is 540 g/mol. The molecule has 4 rings (SSSR count). The SMILES string of the molecule is CN/C=C\C(=N)c1cc(C(=O)Nc2ccc(C3CN(C(C)=O)C3)nc2-c2ccccc2)c(F)cc1C(F)(F)F. The van der Waals surface area contributed by atoms with Crippen molar-refractivity contribution in [3.8, 4) is 11.3 Å². The summed E-state index contributed by atoms with van der Waals surface area (Å²) >= 11 is 0. The first-order chi connectivity index (χ1) is 18.5. The number of aromatic nitrogens is 1. The summed E-state index contributed by atoms with van der Waals surface area (Å²) in [5.41, 5.74) is -1.23. The van der Waals surface area contributed by atoms with Crippen LogP contribution in [0.15, 0.2) is 66.9 Å². The van der Waals surface area contributed by atoms with E-state index in [1.165, 1.54) is 20.2 Å². The van der Waals surface area contributed by atoms with E-state index in [4.69, 9.17) is 10.4 Å². The molecular weight excluding hydrogens is 514 g/mol. The van der Waals surface area contributed by atoms with Gasteiger partial charge in [-0.1, -0.05) is 30.3 Å². The molecule has 0 saturated carbocycles. The van der Waals surface area contributed by atoms with Gasteiger partial charge < -0.3 is 20.9 Å². The average Bonchev–Trinajstić information content (AvgIpc) is 2.86. The molecule has 0 bridgehead atoms. The van der Waals surface area contributed by atoms with Crippen molar-refractivity contribution in [2.75, 3.05) is 25.5 Å². The lowest BCUT2D eigenvalue weighted by molar-refractivity contribution is -0.138. The third-order valence-corrected chi connectivity index (χ3v) is 6.32. The molecule has 3 aromatic rings. The number of benzene rings is 2. The van der Waals surface area contributed by atoms with Gasteiger partial charge >= 0.3 is 6.18 Å². The third-order valence-electron chi connectivity index (χ3n) is 6.32. The lowest BCUT2D eigenvalue weighted by atomic mass is 9.94. The molecule has 1 saturated heterocycles. The maximum Gasteiger partial charge on any atom is 0.417 e. The van der Waals surface area contributed by atoms with E-state index in [-0.39, 0.29) is 23.6 Å². The van der Waals surface area contributed by atoms with Crippen LogP contribution in [0.1, 0.15) is 40.0 Å². The van der Waals surface area contributed by atoms with Crippen LogP contribution in [0.3, 0.4) is 0 Å². The van der Waals surface area contributed by atoms with Crippen molar-refractivity contribution in [3.63, 3.8) is 0 Å². The highest BCUT2D eigenvalue weighted by Gasteiger charge is 2.36. The lowest BCUT2D eigenvalue weighted by Crippen LogP contribution is -2.47. The Balaban J connectivity index is 1.71. The number of hydrogen-bond donors (Lipinski definition) is 3. The van der Waals surface area contributed by atoms with Gasteiger partial charge in [-0.3, -0.25) is 14.6 Å². The molecule has 1 fully saturated rings. The molecule has 11 heteroatoms. The van der Waals surface area contributed by atoms with Crippen LogP contribution < -0.4 is 10.6 Å². The molecule has 1 aliphatic rings. The summed E-state index contributed by atoms with van der Waals surface area (Å²) in [4.78, 5) is 31.1. The van der Waals surface area contributed by atoms with E-state index in [9.17, 15) is 27.2 Å². The van der Waals surface area contributed by atoms with Gasteiger partial charge in [0.2, 0.25) is 5.91 Å². The van der Waals surface area contributed by atoms with Gasteiger partial charge in [-0.05, 0) is 36.5 Å². The van der Waals surface area contributed by atoms with Crippen LogP contribution in [0.25, 0.3) is 11.3 Å². The minimum atomic E-state index is -4.94. The number of pyridine rings is 1. The second kappa shape index (κ2) is 11.1. The zero-order valence-electron chi connectivity index (χ0n) is 21.1. The molecule has 0 spiro atoms. The number of nitrogens with one attached hydrogen (secondary N) is 3. The predicted octanol–water partition coefficient (Wildman–Crippen LogP) is 5.21. The number of anilines is 1. The number of halogens is 4. The molecule has 2 heterocycles. The molecule has 2 aromatic carbocycles. The van der Waals surface area contributed by atoms with Gasteiger partial charge in [-0.25, -0.2) is 4.39 Å². The molecule has 2 amide bonds. The quantitative estimate of drug-likeness (QED) is 0.284. The summed E-state index contributed by atoms with van der Waals surface area (Å²) < 4.78 is 55.7. The summed E-state index contributed by atoms with van der Waals surface area (Å²) in [6.07, 6.45) is -2.61. The number of alkyl halides is 3. The molecule has 0 radical (unpaired) electrons. The molecule has 0 atom stereocenters. The number of likely N-dealkylation sites (tertiary alicyclic amines) is 1. The summed E-state index contributed by atoms with van der Waals surface area (Å²) in [5.74, 6) is -2.40. The molecule has 7 nitrogen and oxygen atoms in total. The van der Waals surface area contributed by atoms with E-state index in [0.717, 1.165) is 12.1 Å². The van der Waals surface area contributed by atoms with Gasteiger partial charge in [-0.2, -0.15) is 13.2 Å². The van der Waals surface area contributed by atoms with Crippen molar-refractivity contribution in [3.05, 3.63) is 95.1 Å². The molecule has 0 aliphatic carbocycles. The van der Waals surface area contributed by atoms with Crippen LogP contribution in [0.5, 0.6) is 0 Å². The van der Waals surface area contributed by atoms with Crippen molar-refractivity contribution >= 4 is 23.2 Å². The minimum Gasteiger partial charge on any atom is -0.394 e. The smallest absolute Gasteiger partial charge is 0.394 e. The Morgan fingerprint density at radius 3 is 2.38 bits per heavy atom. The Morgan fingerprint density at radius 2 is 1.77 bits per heavy atom. The number of carbonyl (C=O) groups excluding carboxylic acids is 2. The highest BCUT2D eigenvalue weighted by atomic mass is 19.4. The number of amides is 2. The Hall–Kier alpha value is -4.54. The van der Waals surface area contributed by atoms with Crippen molar-refractivity contribution < 1.29 is 27.2 Å². The van der Waals surface area contributed by atoms with Crippen LogP contribution in [0.2, 0.25) is 0 Å². The minimum absolute atomic E-state index is 0.00714. The summed E-state index contributed by atoms with van der Waals surface area (Å²) in [5, 5.41) is 13.2. The lowest BCUT2D eigenvalue weighted by Gasteiger charge is -2.38. The van der Waals surface area contributed by atoms with Crippen LogP contribution >= 0.6 is 0 Å². The standard InChI is InChI=1S/C28H25F4N5O2/c1-16(38)37-14-18(15-37)24-8-9-25(26(35-24)17-6-4-3-5-7-17)36-27(39)20-12-19(23(33)10-11-34-2)21(13-22(20)29)28(30,31)32/h3-13,18,33-34H,14-15H2,1-2H3,(H,36,39)/b11-10-,33-23?. The molecule has 1 aromatic heterocycles.